The van der Waals surface area contributed by atoms with Crippen molar-refractivity contribution in [2.45, 2.75) is 32.4 Å². The second-order valence-corrected chi connectivity index (χ2v) is 7.29. The summed E-state index contributed by atoms with van der Waals surface area (Å²) in [6.45, 7) is 4.87. The van der Waals surface area contributed by atoms with Crippen LogP contribution in [-0.4, -0.2) is 34.6 Å². The van der Waals surface area contributed by atoms with E-state index in [1.54, 1.807) is 0 Å². The van der Waals surface area contributed by atoms with E-state index in [0.717, 1.165) is 31.3 Å². The molecule has 2 fully saturated rings. The molecule has 0 N–H and O–H groups in total. The Morgan fingerprint density at radius 2 is 2.08 bits per heavy atom. The van der Waals surface area contributed by atoms with E-state index in [-0.39, 0.29) is 0 Å². The van der Waals surface area contributed by atoms with E-state index in [0.29, 0.717) is 12.0 Å². The molecule has 1 saturated heterocycles. The summed E-state index contributed by atoms with van der Waals surface area (Å²) >= 11 is 0. The topological polar surface area (TPSA) is 38.2 Å². The van der Waals surface area contributed by atoms with Gasteiger partial charge in [-0.2, -0.15) is 0 Å². The SMILES string of the molecule is c1ccc(COC[C@]23CCC[C@H]2CN(Cc2ccncc2)C3)nc1. The number of pyridine rings is 2. The number of fused-ring (bicyclic) bond motifs is 1. The molecule has 4 rings (SSSR count). The minimum Gasteiger partial charge on any atom is -0.375 e. The summed E-state index contributed by atoms with van der Waals surface area (Å²) in [5, 5.41) is 0. The van der Waals surface area contributed by atoms with Gasteiger partial charge >= 0.3 is 0 Å². The molecule has 3 heterocycles. The summed E-state index contributed by atoms with van der Waals surface area (Å²) < 4.78 is 6.11. The third-order valence-electron chi connectivity index (χ3n) is 5.63. The van der Waals surface area contributed by atoms with Crippen LogP contribution in [-0.2, 0) is 17.9 Å². The van der Waals surface area contributed by atoms with Crippen molar-refractivity contribution in [2.24, 2.45) is 11.3 Å². The standard InChI is InChI=1S/C20H25N3O/c1-2-9-22-19(5-1)14-24-16-20-8-3-4-18(20)13-23(15-20)12-17-6-10-21-11-7-17/h1-2,5-7,9-11,18H,3-4,8,12-16H2/t18-,20+/m0/s1. The highest BCUT2D eigenvalue weighted by molar-refractivity contribution is 5.11. The molecular formula is C20H25N3O. The molecule has 2 aromatic heterocycles. The Hall–Kier alpha value is -1.78. The van der Waals surface area contributed by atoms with Crippen LogP contribution in [0.25, 0.3) is 0 Å². The second-order valence-electron chi connectivity index (χ2n) is 7.29. The molecule has 1 saturated carbocycles. The van der Waals surface area contributed by atoms with E-state index >= 15 is 0 Å². The molecule has 126 valence electrons. The molecule has 24 heavy (non-hydrogen) atoms. The summed E-state index contributed by atoms with van der Waals surface area (Å²) in [6.07, 6.45) is 9.60. The fourth-order valence-corrected chi connectivity index (χ4v) is 4.47. The van der Waals surface area contributed by atoms with Gasteiger partial charge in [0.05, 0.1) is 18.9 Å². The highest BCUT2D eigenvalue weighted by atomic mass is 16.5. The van der Waals surface area contributed by atoms with Gasteiger partial charge in [-0.1, -0.05) is 12.5 Å². The molecule has 1 aliphatic carbocycles. The van der Waals surface area contributed by atoms with Crippen molar-refractivity contribution in [3.8, 4) is 0 Å². The zero-order valence-corrected chi connectivity index (χ0v) is 14.1. The maximum absolute atomic E-state index is 6.11. The van der Waals surface area contributed by atoms with Gasteiger partial charge in [0.25, 0.3) is 0 Å². The van der Waals surface area contributed by atoms with Gasteiger partial charge in [0.1, 0.15) is 0 Å². The summed E-state index contributed by atoms with van der Waals surface area (Å²) in [5.74, 6) is 0.781. The van der Waals surface area contributed by atoms with Crippen molar-refractivity contribution >= 4 is 0 Å². The van der Waals surface area contributed by atoms with Crippen LogP contribution in [0.4, 0.5) is 0 Å². The molecule has 0 radical (unpaired) electrons. The van der Waals surface area contributed by atoms with E-state index in [1.165, 1.54) is 31.4 Å². The molecule has 1 aliphatic heterocycles. The van der Waals surface area contributed by atoms with Crippen LogP contribution in [0.15, 0.2) is 48.9 Å². The number of aromatic nitrogens is 2. The van der Waals surface area contributed by atoms with Crippen LogP contribution < -0.4 is 0 Å². The zero-order valence-electron chi connectivity index (χ0n) is 14.1. The first-order chi connectivity index (χ1) is 11.8. The van der Waals surface area contributed by atoms with E-state index in [9.17, 15) is 0 Å². The van der Waals surface area contributed by atoms with E-state index in [1.807, 2.05) is 36.8 Å². The fourth-order valence-electron chi connectivity index (χ4n) is 4.47. The highest BCUT2D eigenvalue weighted by Crippen LogP contribution is 2.49. The molecule has 0 unspecified atom stereocenters. The van der Waals surface area contributed by atoms with Crippen LogP contribution in [0.2, 0.25) is 0 Å². The number of hydrogen-bond acceptors (Lipinski definition) is 4. The van der Waals surface area contributed by atoms with E-state index in [4.69, 9.17) is 4.74 Å². The lowest BCUT2D eigenvalue weighted by molar-refractivity contribution is 0.0253. The Morgan fingerprint density at radius 3 is 2.92 bits per heavy atom. The van der Waals surface area contributed by atoms with Gasteiger partial charge in [0, 0.05) is 43.6 Å². The van der Waals surface area contributed by atoms with Gasteiger partial charge in [-0.15, -0.1) is 0 Å². The Bertz CT molecular complexity index is 648. The molecule has 4 heteroatoms. The lowest BCUT2D eigenvalue weighted by atomic mass is 9.81. The fraction of sp³-hybridized carbons (Fsp3) is 0.500. The summed E-state index contributed by atoms with van der Waals surface area (Å²) in [6, 6.07) is 10.3. The average Bonchev–Trinajstić information content (AvgIpc) is 3.13. The highest BCUT2D eigenvalue weighted by Gasteiger charge is 2.49. The zero-order chi connectivity index (χ0) is 16.2. The Morgan fingerprint density at radius 1 is 1.17 bits per heavy atom. The maximum Gasteiger partial charge on any atom is 0.0888 e. The number of likely N-dealkylation sites (tertiary alicyclic amines) is 1. The summed E-state index contributed by atoms with van der Waals surface area (Å²) in [4.78, 5) is 11.1. The number of nitrogens with zero attached hydrogens (tertiary/aromatic N) is 3. The third-order valence-corrected chi connectivity index (χ3v) is 5.63. The molecule has 4 nitrogen and oxygen atoms in total. The summed E-state index contributed by atoms with van der Waals surface area (Å²) in [5.41, 5.74) is 2.73. The van der Waals surface area contributed by atoms with Gasteiger partial charge in [-0.05, 0) is 48.6 Å². The molecule has 2 atom stereocenters. The van der Waals surface area contributed by atoms with Gasteiger partial charge in [-0.3, -0.25) is 14.9 Å². The van der Waals surface area contributed by atoms with Gasteiger partial charge in [0.15, 0.2) is 0 Å². The lowest BCUT2D eigenvalue weighted by Crippen LogP contribution is -2.32. The number of ether oxygens (including phenoxy) is 1. The van der Waals surface area contributed by atoms with Crippen LogP contribution in [0.5, 0.6) is 0 Å². The predicted molar refractivity (Wildman–Crippen MR) is 93.2 cm³/mol. The van der Waals surface area contributed by atoms with Crippen molar-refractivity contribution in [3.05, 3.63) is 60.2 Å². The molecule has 0 aromatic carbocycles. The molecule has 2 aromatic rings. The van der Waals surface area contributed by atoms with Crippen LogP contribution in [0.3, 0.4) is 0 Å². The minimum absolute atomic E-state index is 0.349. The van der Waals surface area contributed by atoms with Crippen molar-refractivity contribution in [2.75, 3.05) is 19.7 Å². The Labute approximate surface area is 143 Å². The van der Waals surface area contributed by atoms with Crippen LogP contribution in [0, 0.1) is 11.3 Å². The normalized spacial score (nSPS) is 26.6. The van der Waals surface area contributed by atoms with Crippen molar-refractivity contribution in [3.63, 3.8) is 0 Å². The molecule has 2 aliphatic rings. The van der Waals surface area contributed by atoms with E-state index in [2.05, 4.69) is 27.0 Å². The quantitative estimate of drug-likeness (QED) is 0.817. The Kier molecular flexibility index (Phi) is 4.58. The van der Waals surface area contributed by atoms with E-state index < -0.39 is 0 Å². The van der Waals surface area contributed by atoms with Crippen molar-refractivity contribution in [1.29, 1.82) is 0 Å². The maximum atomic E-state index is 6.11. The average molecular weight is 323 g/mol. The van der Waals surface area contributed by atoms with Gasteiger partial charge in [-0.25, -0.2) is 0 Å². The van der Waals surface area contributed by atoms with Crippen molar-refractivity contribution < 1.29 is 4.74 Å². The first-order valence-corrected chi connectivity index (χ1v) is 8.93. The summed E-state index contributed by atoms with van der Waals surface area (Å²) in [7, 11) is 0. The number of rotatable bonds is 6. The molecule has 0 spiro atoms. The van der Waals surface area contributed by atoms with Crippen LogP contribution >= 0.6 is 0 Å². The number of hydrogen-bond donors (Lipinski definition) is 0. The third kappa shape index (κ3) is 3.35. The first-order valence-electron chi connectivity index (χ1n) is 8.93. The first kappa shape index (κ1) is 15.7. The Balaban J connectivity index is 1.36. The van der Waals surface area contributed by atoms with Crippen LogP contribution in [0.1, 0.15) is 30.5 Å². The lowest BCUT2D eigenvalue weighted by Gasteiger charge is -2.28. The second kappa shape index (κ2) is 6.99. The van der Waals surface area contributed by atoms with Gasteiger partial charge < -0.3 is 4.74 Å². The minimum atomic E-state index is 0.349. The molecule has 0 bridgehead atoms. The smallest absolute Gasteiger partial charge is 0.0888 e. The van der Waals surface area contributed by atoms with Gasteiger partial charge in [0.2, 0.25) is 0 Å². The predicted octanol–water partition coefficient (Wildman–Crippen LogP) is 3.30. The monoisotopic (exact) mass is 323 g/mol. The van der Waals surface area contributed by atoms with Crippen molar-refractivity contribution in [1.82, 2.24) is 14.9 Å². The molecular weight excluding hydrogens is 298 g/mol. The largest absolute Gasteiger partial charge is 0.375 e. The molecule has 0 amide bonds.